The topological polar surface area (TPSA) is 112 Å². The van der Waals surface area contributed by atoms with Gasteiger partial charge in [-0.3, -0.25) is 14.5 Å². The van der Waals surface area contributed by atoms with Gasteiger partial charge >= 0.3 is 5.97 Å². The fourth-order valence-electron chi connectivity index (χ4n) is 2.38. The molecule has 0 bridgehead atoms. The summed E-state index contributed by atoms with van der Waals surface area (Å²) in [7, 11) is 0. The van der Waals surface area contributed by atoms with Crippen LogP contribution in [0.5, 0.6) is 0 Å². The van der Waals surface area contributed by atoms with E-state index in [1.54, 1.807) is 6.08 Å². The number of hydrogen-bond acceptors (Lipinski definition) is 7. The highest BCUT2D eigenvalue weighted by atomic mass is 32.2. The fourth-order valence-corrected chi connectivity index (χ4v) is 4.14. The van der Waals surface area contributed by atoms with Gasteiger partial charge in [0.25, 0.3) is 5.91 Å². The predicted molar refractivity (Wildman–Crippen MR) is 78.9 cm³/mol. The van der Waals surface area contributed by atoms with E-state index in [0.717, 1.165) is 11.7 Å². The van der Waals surface area contributed by atoms with E-state index in [4.69, 9.17) is 5.11 Å². The first kappa shape index (κ1) is 15.0. The second-order valence-electron chi connectivity index (χ2n) is 4.92. The van der Waals surface area contributed by atoms with Crippen molar-refractivity contribution in [1.29, 1.82) is 0 Å². The zero-order valence-corrected chi connectivity index (χ0v) is 13.1. The number of carbonyl (C=O) groups is 3. The van der Waals surface area contributed by atoms with Gasteiger partial charge in [0.05, 0.1) is 30.0 Å². The van der Waals surface area contributed by atoms with Crippen LogP contribution in [0.2, 0.25) is 0 Å². The molecule has 8 nitrogen and oxygen atoms in total. The Bertz CT molecular complexity index is 660. The van der Waals surface area contributed by atoms with Gasteiger partial charge in [0.2, 0.25) is 5.91 Å². The number of carboxylic acid groups (broad SMARTS) is 1. The van der Waals surface area contributed by atoms with Crippen molar-refractivity contribution in [3.8, 4) is 0 Å². The summed E-state index contributed by atoms with van der Waals surface area (Å²) in [5.74, 6) is -1.86. The van der Waals surface area contributed by atoms with Gasteiger partial charge < -0.3 is 10.4 Å². The first-order chi connectivity index (χ1) is 10.5. The van der Waals surface area contributed by atoms with Gasteiger partial charge in [-0.1, -0.05) is 0 Å². The zero-order valence-electron chi connectivity index (χ0n) is 11.4. The number of nitrogens with zero attached hydrogens (tertiary/aromatic N) is 3. The van der Waals surface area contributed by atoms with E-state index >= 15 is 0 Å². The SMILES string of the molecule is CC1C=C(C(=O)O)N2C(=O)C(NC(=O)Cc3cnsn3)[C@H]2S1. The maximum absolute atomic E-state index is 12.1. The summed E-state index contributed by atoms with van der Waals surface area (Å²) in [5.41, 5.74) is 0.525. The Labute approximate surface area is 133 Å². The largest absolute Gasteiger partial charge is 0.477 e. The molecule has 1 aromatic heterocycles. The third-order valence-corrected chi connectivity index (χ3v) is 5.18. The van der Waals surface area contributed by atoms with E-state index in [2.05, 4.69) is 14.1 Å². The molecule has 2 aliphatic rings. The molecule has 1 saturated heterocycles. The Hall–Kier alpha value is -1.94. The molecular weight excluding hydrogens is 328 g/mol. The summed E-state index contributed by atoms with van der Waals surface area (Å²) in [6, 6.07) is -0.699. The highest BCUT2D eigenvalue weighted by Crippen LogP contribution is 2.40. The minimum absolute atomic E-state index is 0.0181. The van der Waals surface area contributed by atoms with Gasteiger partial charge in [-0.2, -0.15) is 8.75 Å². The Morgan fingerprint density at radius 3 is 2.91 bits per heavy atom. The molecule has 2 amide bonds. The van der Waals surface area contributed by atoms with Gasteiger partial charge in [-0.15, -0.1) is 11.8 Å². The van der Waals surface area contributed by atoms with E-state index in [9.17, 15) is 14.4 Å². The third kappa shape index (κ3) is 2.59. The summed E-state index contributed by atoms with van der Waals surface area (Å²) in [6.07, 6.45) is 3.09. The lowest BCUT2D eigenvalue weighted by molar-refractivity contribution is -0.150. The normalized spacial score (nSPS) is 26.8. The lowest BCUT2D eigenvalue weighted by atomic mass is 10.0. The van der Waals surface area contributed by atoms with Crippen LogP contribution in [0.4, 0.5) is 0 Å². The number of aromatic nitrogens is 2. The number of nitrogens with one attached hydrogen (secondary N) is 1. The maximum Gasteiger partial charge on any atom is 0.352 e. The molecule has 3 rings (SSSR count). The smallest absolute Gasteiger partial charge is 0.352 e. The molecule has 2 unspecified atom stereocenters. The summed E-state index contributed by atoms with van der Waals surface area (Å²) in [4.78, 5) is 36.5. The van der Waals surface area contributed by atoms with Crippen LogP contribution in [0.1, 0.15) is 12.6 Å². The number of carbonyl (C=O) groups excluding carboxylic acids is 2. The molecule has 2 N–H and O–H groups in total. The van der Waals surface area contributed by atoms with Crippen LogP contribution < -0.4 is 5.32 Å². The van der Waals surface area contributed by atoms with E-state index in [1.807, 2.05) is 6.92 Å². The van der Waals surface area contributed by atoms with Gasteiger partial charge in [0, 0.05) is 5.25 Å². The number of thioether (sulfide) groups is 1. The Morgan fingerprint density at radius 2 is 2.27 bits per heavy atom. The van der Waals surface area contributed by atoms with Crippen LogP contribution in [0.15, 0.2) is 18.0 Å². The van der Waals surface area contributed by atoms with E-state index < -0.39 is 17.9 Å². The number of carboxylic acids is 1. The molecule has 3 heterocycles. The van der Waals surface area contributed by atoms with Gasteiger partial charge in [-0.05, 0) is 13.0 Å². The Morgan fingerprint density at radius 1 is 1.50 bits per heavy atom. The lowest BCUT2D eigenvalue weighted by Crippen LogP contribution is -2.70. The molecule has 1 aromatic rings. The summed E-state index contributed by atoms with van der Waals surface area (Å²) >= 11 is 2.45. The van der Waals surface area contributed by atoms with Gasteiger partial charge in [-0.25, -0.2) is 4.79 Å². The zero-order chi connectivity index (χ0) is 15.9. The molecule has 2 aliphatic heterocycles. The van der Waals surface area contributed by atoms with Crippen molar-refractivity contribution in [3.63, 3.8) is 0 Å². The second-order valence-corrected chi connectivity index (χ2v) is 6.97. The monoisotopic (exact) mass is 340 g/mol. The first-order valence-corrected chi connectivity index (χ1v) is 8.14. The molecule has 0 spiro atoms. The van der Waals surface area contributed by atoms with Gasteiger partial charge in [0.15, 0.2) is 0 Å². The van der Waals surface area contributed by atoms with Crippen molar-refractivity contribution < 1.29 is 19.5 Å². The number of amides is 2. The molecule has 0 aromatic carbocycles. The molecule has 1 fully saturated rings. The Kier molecular flexibility index (Phi) is 3.87. The molecular formula is C12H12N4O4S2. The highest BCUT2D eigenvalue weighted by molar-refractivity contribution is 8.00. The van der Waals surface area contributed by atoms with Crippen molar-refractivity contribution in [3.05, 3.63) is 23.7 Å². The van der Waals surface area contributed by atoms with E-state index in [1.165, 1.54) is 22.9 Å². The predicted octanol–water partition coefficient (Wildman–Crippen LogP) is -0.162. The van der Waals surface area contributed by atoms with Crippen LogP contribution in [0.25, 0.3) is 0 Å². The first-order valence-electron chi connectivity index (χ1n) is 6.47. The van der Waals surface area contributed by atoms with Crippen LogP contribution in [0, 0.1) is 0 Å². The minimum Gasteiger partial charge on any atom is -0.477 e. The number of aliphatic carboxylic acids is 1. The number of β-lactam (4-membered cyclic amide) rings is 1. The number of fused-ring (bicyclic) bond motifs is 1. The number of hydrogen-bond donors (Lipinski definition) is 2. The maximum atomic E-state index is 12.1. The fraction of sp³-hybridized carbons (Fsp3) is 0.417. The van der Waals surface area contributed by atoms with Crippen molar-refractivity contribution in [2.24, 2.45) is 0 Å². The molecule has 10 heteroatoms. The van der Waals surface area contributed by atoms with Crippen LogP contribution >= 0.6 is 23.5 Å². The molecule has 0 saturated carbocycles. The quantitative estimate of drug-likeness (QED) is 0.732. The van der Waals surface area contributed by atoms with Crippen molar-refractivity contribution in [1.82, 2.24) is 19.0 Å². The molecule has 0 radical (unpaired) electrons. The highest BCUT2D eigenvalue weighted by Gasteiger charge is 2.53. The molecule has 22 heavy (non-hydrogen) atoms. The van der Waals surface area contributed by atoms with E-state index in [0.29, 0.717) is 5.69 Å². The summed E-state index contributed by atoms with van der Waals surface area (Å²) in [5, 5.41) is 11.4. The van der Waals surface area contributed by atoms with Crippen molar-refractivity contribution in [2.45, 2.75) is 30.0 Å². The Balaban J connectivity index is 1.68. The molecule has 3 atom stereocenters. The van der Waals surface area contributed by atoms with E-state index in [-0.39, 0.29) is 28.6 Å². The molecule has 116 valence electrons. The standard InChI is InChI=1S/C12H12N4O4S2/c1-5-2-7(12(19)20)16-10(18)9(11(16)21-5)14-8(17)3-6-4-13-22-15-6/h2,4-5,9,11H,3H2,1H3,(H,14,17)(H,19,20)/t5?,9?,11-/m1/s1. The third-order valence-electron chi connectivity index (χ3n) is 3.33. The van der Waals surface area contributed by atoms with Crippen LogP contribution in [0.3, 0.4) is 0 Å². The second kappa shape index (κ2) is 5.69. The molecule has 0 aliphatic carbocycles. The lowest BCUT2D eigenvalue weighted by Gasteiger charge is -2.49. The van der Waals surface area contributed by atoms with Gasteiger partial charge in [0.1, 0.15) is 17.1 Å². The van der Waals surface area contributed by atoms with Crippen molar-refractivity contribution in [2.75, 3.05) is 0 Å². The van der Waals surface area contributed by atoms with Crippen LogP contribution in [-0.4, -0.2) is 53.2 Å². The summed E-state index contributed by atoms with van der Waals surface area (Å²) < 4.78 is 7.74. The minimum atomic E-state index is -1.14. The average molecular weight is 340 g/mol. The van der Waals surface area contributed by atoms with Crippen molar-refractivity contribution >= 4 is 41.3 Å². The summed E-state index contributed by atoms with van der Waals surface area (Å²) in [6.45, 7) is 1.85. The van der Waals surface area contributed by atoms with Crippen LogP contribution in [-0.2, 0) is 20.8 Å². The number of rotatable bonds is 4. The average Bonchev–Trinajstić information content (AvgIpc) is 2.96.